The number of cyclic esters (lactones) is 2. The van der Waals surface area contributed by atoms with E-state index in [2.05, 4.69) is 0 Å². The maximum absolute atomic E-state index is 13.5. The summed E-state index contributed by atoms with van der Waals surface area (Å²) in [5, 5.41) is 10.8. The first-order chi connectivity index (χ1) is 35.4. The average Bonchev–Trinajstić information content (AvgIpc) is 4.26. The lowest BCUT2D eigenvalue weighted by atomic mass is 9.96. The largest absolute Gasteiger partial charge is 0.497 e. The Balaban J connectivity index is 0.000000202. The van der Waals surface area contributed by atoms with Crippen molar-refractivity contribution in [3.05, 3.63) is 107 Å². The van der Waals surface area contributed by atoms with Gasteiger partial charge in [-0.15, -0.1) is 0 Å². The Morgan fingerprint density at radius 3 is 1.59 bits per heavy atom. The van der Waals surface area contributed by atoms with Crippen LogP contribution in [-0.4, -0.2) is 125 Å². The molecular weight excluding hydrogens is 957 g/mol. The molecule has 74 heavy (non-hydrogen) atoms. The predicted octanol–water partition coefficient (Wildman–Crippen LogP) is 8.98. The number of hydrogen-bond acceptors (Lipinski definition) is 17. The molecule has 17 nitrogen and oxygen atoms in total. The summed E-state index contributed by atoms with van der Waals surface area (Å²) in [4.78, 5) is 39.9. The minimum atomic E-state index is -0.854. The summed E-state index contributed by atoms with van der Waals surface area (Å²) in [6.45, 7) is 11.1. The van der Waals surface area contributed by atoms with Gasteiger partial charge < -0.3 is 66.7 Å². The lowest BCUT2D eigenvalue weighted by Crippen LogP contribution is -2.38. The molecule has 3 aromatic rings. The SMILES string of the molecule is COCOc1cc(OC)cc2c1C(=O)O[C@@H](C)C/C=C\C(O)[C@H]1OC(C)(C)O[C@H]1CC1CC21.COCOc1cc(OC)cc2c1C(=O)O[C@@H](C)C/C=C\C(OC(=O)c1ccccc1)[C@H]1OC(C)(C)O[C@H]1CC1CC21. The molecule has 0 bridgehead atoms. The molecule has 3 aromatic carbocycles. The second-order valence-electron chi connectivity index (χ2n) is 20.7. The fourth-order valence-corrected chi connectivity index (χ4v) is 10.5. The molecule has 9 rings (SSSR count). The van der Waals surface area contributed by atoms with Gasteiger partial charge in [0.2, 0.25) is 0 Å². The number of rotatable bonds is 10. The number of carbonyl (C=O) groups is 3. The van der Waals surface area contributed by atoms with Crippen LogP contribution < -0.4 is 18.9 Å². The second kappa shape index (κ2) is 23.6. The summed E-state index contributed by atoms with van der Waals surface area (Å²) < 4.78 is 75.3. The number of benzene rings is 3. The van der Waals surface area contributed by atoms with Crippen LogP contribution in [0.1, 0.15) is 134 Å². The number of ether oxygens (including phenoxy) is 13. The van der Waals surface area contributed by atoms with Gasteiger partial charge in [-0.3, -0.25) is 0 Å². The number of fused-ring (bicyclic) bond motifs is 8. The van der Waals surface area contributed by atoms with Crippen LogP contribution >= 0.6 is 0 Å². The van der Waals surface area contributed by atoms with Crippen LogP contribution in [0.4, 0.5) is 0 Å². The van der Waals surface area contributed by atoms with Gasteiger partial charge in [0.1, 0.15) is 70.7 Å². The van der Waals surface area contributed by atoms with Gasteiger partial charge in [0, 0.05) is 39.2 Å². The van der Waals surface area contributed by atoms with E-state index in [1.807, 2.05) is 78.0 Å². The first kappa shape index (κ1) is 54.7. The molecule has 1 N–H and O–H groups in total. The number of aliphatic hydroxyl groups excluding tert-OH is 1. The molecule has 6 unspecified atom stereocenters. The fraction of sp³-hybridized carbons (Fsp3) is 0.561. The Morgan fingerprint density at radius 1 is 0.635 bits per heavy atom. The lowest BCUT2D eigenvalue weighted by molar-refractivity contribution is -0.153. The molecular formula is C57H72O17. The van der Waals surface area contributed by atoms with E-state index in [4.69, 9.17) is 61.6 Å². The maximum Gasteiger partial charge on any atom is 0.342 e. The van der Waals surface area contributed by atoms with Gasteiger partial charge in [-0.25, -0.2) is 14.4 Å². The Morgan fingerprint density at radius 2 is 1.11 bits per heavy atom. The molecule has 2 saturated carbocycles. The van der Waals surface area contributed by atoms with Gasteiger partial charge in [-0.2, -0.15) is 0 Å². The van der Waals surface area contributed by atoms with E-state index >= 15 is 0 Å². The fourth-order valence-electron chi connectivity index (χ4n) is 10.5. The zero-order chi connectivity index (χ0) is 52.9. The summed E-state index contributed by atoms with van der Waals surface area (Å²) in [5.74, 6) is -0.410. The van der Waals surface area contributed by atoms with E-state index in [1.54, 1.807) is 56.7 Å². The van der Waals surface area contributed by atoms with Crippen LogP contribution in [-0.2, 0) is 42.6 Å². The van der Waals surface area contributed by atoms with E-state index in [9.17, 15) is 19.5 Å². The molecule has 402 valence electrons. The minimum absolute atomic E-state index is 0.00117. The molecule has 6 aliphatic rings. The lowest BCUT2D eigenvalue weighted by Gasteiger charge is -2.25. The quantitative estimate of drug-likeness (QED) is 0.0875. The van der Waals surface area contributed by atoms with Gasteiger partial charge in [0.05, 0.1) is 32.0 Å². The molecule has 2 saturated heterocycles. The van der Waals surface area contributed by atoms with Crippen LogP contribution in [0.3, 0.4) is 0 Å². The van der Waals surface area contributed by atoms with Crippen LogP contribution in [0.25, 0.3) is 0 Å². The number of hydrogen-bond donors (Lipinski definition) is 1. The first-order valence-corrected chi connectivity index (χ1v) is 25.5. The third kappa shape index (κ3) is 13.3. The highest BCUT2D eigenvalue weighted by Crippen LogP contribution is 2.56. The summed E-state index contributed by atoms with van der Waals surface area (Å²) in [6.07, 6.45) is 7.23. The molecule has 0 radical (unpaired) electrons. The van der Waals surface area contributed by atoms with Crippen molar-refractivity contribution in [3.8, 4) is 23.0 Å². The standard InChI is InChI=1S/C32H38O9.C25H34O8/c1-19-10-9-13-25(39-30(33)20-11-7-6-8-12-20)29-27(40-32(2,3)41-29)15-21-14-23(21)24-16-22(36-5)17-26(37-18-35-4)28(24)31(34)38-19;1-14-7-6-8-19(26)23-21(32-25(2,3)33-23)10-15-9-17(15)18-11-16(29-5)12-20(30-13-28-4)22(18)24(27)31-14/h6-9,11-13,16-17,19,21,23,25,27,29H,10,14-15,18H2,1-5H3;6,8,11-12,14-15,17,19,21,23,26H,7,9-10,13H2,1-5H3/b13-9-;8-6-/t19-,21?,23?,25?,27-,29+;14-,15?,17?,19?,21-,23+/m00/s1. The van der Waals surface area contributed by atoms with Crippen molar-refractivity contribution in [3.63, 3.8) is 0 Å². The number of carbonyl (C=O) groups excluding carboxylic acids is 3. The molecule has 2 aliphatic carbocycles. The van der Waals surface area contributed by atoms with Crippen molar-refractivity contribution >= 4 is 17.9 Å². The molecule has 4 aliphatic heterocycles. The minimum Gasteiger partial charge on any atom is -0.497 e. The maximum atomic E-state index is 13.5. The summed E-state index contributed by atoms with van der Waals surface area (Å²) in [6, 6.07) is 16.0. The van der Waals surface area contributed by atoms with Crippen LogP contribution in [0, 0.1) is 11.8 Å². The van der Waals surface area contributed by atoms with Crippen molar-refractivity contribution in [2.45, 2.75) is 152 Å². The van der Waals surface area contributed by atoms with E-state index in [0.717, 1.165) is 24.0 Å². The highest BCUT2D eigenvalue weighted by molar-refractivity contribution is 5.96. The highest BCUT2D eigenvalue weighted by atomic mass is 16.8. The van der Waals surface area contributed by atoms with E-state index in [-0.39, 0.29) is 49.5 Å². The van der Waals surface area contributed by atoms with E-state index in [1.165, 1.54) is 14.2 Å². The van der Waals surface area contributed by atoms with Crippen LogP contribution in [0.2, 0.25) is 0 Å². The van der Waals surface area contributed by atoms with Gasteiger partial charge in [-0.1, -0.05) is 36.4 Å². The molecule has 17 heteroatoms. The highest BCUT2D eigenvalue weighted by Gasteiger charge is 2.52. The van der Waals surface area contributed by atoms with Crippen molar-refractivity contribution in [1.29, 1.82) is 0 Å². The Bertz CT molecular complexity index is 2500. The molecule has 4 fully saturated rings. The van der Waals surface area contributed by atoms with Gasteiger partial charge in [0.25, 0.3) is 0 Å². The van der Waals surface area contributed by atoms with E-state index in [0.29, 0.717) is 65.4 Å². The topological polar surface area (TPSA) is 191 Å². The average molecular weight is 1030 g/mol. The van der Waals surface area contributed by atoms with Crippen molar-refractivity contribution < 1.29 is 81.1 Å². The number of aliphatic hydroxyl groups is 1. The second-order valence-corrected chi connectivity index (χ2v) is 20.7. The van der Waals surface area contributed by atoms with Gasteiger partial charge in [0.15, 0.2) is 25.2 Å². The van der Waals surface area contributed by atoms with Crippen LogP contribution in [0.15, 0.2) is 78.9 Å². The molecule has 0 aromatic heterocycles. The Hall–Kier alpha value is -5.53. The summed E-state index contributed by atoms with van der Waals surface area (Å²) in [7, 11) is 6.21. The monoisotopic (exact) mass is 1030 g/mol. The zero-order valence-corrected chi connectivity index (χ0v) is 44.1. The molecule has 0 spiro atoms. The van der Waals surface area contributed by atoms with Crippen LogP contribution in [0.5, 0.6) is 23.0 Å². The predicted molar refractivity (Wildman–Crippen MR) is 268 cm³/mol. The smallest absolute Gasteiger partial charge is 0.342 e. The first-order valence-electron chi connectivity index (χ1n) is 25.5. The third-order valence-electron chi connectivity index (χ3n) is 14.0. The molecule has 4 heterocycles. The Kier molecular flexibility index (Phi) is 17.4. The molecule has 12 atom stereocenters. The molecule has 0 amide bonds. The van der Waals surface area contributed by atoms with E-state index < -0.39 is 66.1 Å². The summed E-state index contributed by atoms with van der Waals surface area (Å²) >= 11 is 0. The van der Waals surface area contributed by atoms with Crippen molar-refractivity contribution in [1.82, 2.24) is 0 Å². The summed E-state index contributed by atoms with van der Waals surface area (Å²) in [5.41, 5.74) is 2.90. The van der Waals surface area contributed by atoms with Gasteiger partial charge >= 0.3 is 17.9 Å². The van der Waals surface area contributed by atoms with Gasteiger partial charge in [-0.05, 0) is 132 Å². The third-order valence-corrected chi connectivity index (χ3v) is 14.0. The van der Waals surface area contributed by atoms with Crippen molar-refractivity contribution in [2.75, 3.05) is 42.0 Å². The number of esters is 3. The normalized spacial score (nSPS) is 31.6. The zero-order valence-electron chi connectivity index (χ0n) is 44.1. The Labute approximate surface area is 433 Å². The number of methoxy groups -OCH3 is 4. The van der Waals surface area contributed by atoms with Crippen molar-refractivity contribution in [2.24, 2.45) is 11.8 Å².